The molecular formula is C15H23ClN2O2. The molecule has 0 aromatic heterocycles. The van der Waals surface area contributed by atoms with E-state index >= 15 is 0 Å². The Morgan fingerprint density at radius 2 is 1.90 bits per heavy atom. The molecule has 0 amide bonds. The second-order valence-corrected chi connectivity index (χ2v) is 6.16. The maximum Gasteiger partial charge on any atom is 0.130 e. The second-order valence-electron chi connectivity index (χ2n) is 5.73. The van der Waals surface area contributed by atoms with Gasteiger partial charge in [-0.25, -0.2) is 0 Å². The molecular weight excluding hydrogens is 276 g/mol. The van der Waals surface area contributed by atoms with Crippen molar-refractivity contribution < 1.29 is 9.84 Å². The van der Waals surface area contributed by atoms with Gasteiger partial charge in [-0.05, 0) is 38.1 Å². The predicted molar refractivity (Wildman–Crippen MR) is 81.5 cm³/mol. The summed E-state index contributed by atoms with van der Waals surface area (Å²) in [5, 5.41) is 14.4. The van der Waals surface area contributed by atoms with Crippen LogP contribution >= 0.6 is 11.6 Å². The van der Waals surface area contributed by atoms with Crippen molar-refractivity contribution >= 4 is 11.6 Å². The summed E-state index contributed by atoms with van der Waals surface area (Å²) in [4.78, 5) is 2.26. The minimum absolute atomic E-state index is 0.545. The Hall–Kier alpha value is -0.810. The Labute approximate surface area is 125 Å². The van der Waals surface area contributed by atoms with Gasteiger partial charge in [0.2, 0.25) is 0 Å². The normalized spacial score (nSPS) is 18.8. The van der Waals surface area contributed by atoms with Gasteiger partial charge >= 0.3 is 0 Å². The summed E-state index contributed by atoms with van der Waals surface area (Å²) in [6.45, 7) is 8.34. The molecule has 1 atom stereocenters. The Bertz CT molecular complexity index is 416. The molecule has 20 heavy (non-hydrogen) atoms. The van der Waals surface area contributed by atoms with Crippen LogP contribution in [0.15, 0.2) is 24.3 Å². The van der Waals surface area contributed by atoms with E-state index in [-0.39, 0.29) is 0 Å². The van der Waals surface area contributed by atoms with Gasteiger partial charge in [0.15, 0.2) is 0 Å². The number of β-amino-alcohol motifs (C(OH)–C–C–N with tert-alkyl or cyclic N) is 1. The van der Waals surface area contributed by atoms with Crippen molar-refractivity contribution in [2.45, 2.75) is 25.6 Å². The Morgan fingerprint density at radius 1 is 1.30 bits per heavy atom. The molecule has 2 N–H and O–H groups in total. The third kappa shape index (κ3) is 4.35. The Balaban J connectivity index is 1.92. The largest absolute Gasteiger partial charge is 0.485 e. The zero-order valence-corrected chi connectivity index (χ0v) is 12.9. The number of rotatable bonds is 5. The number of hydrogen-bond acceptors (Lipinski definition) is 4. The minimum Gasteiger partial charge on any atom is -0.485 e. The van der Waals surface area contributed by atoms with Crippen molar-refractivity contribution in [3.05, 3.63) is 29.3 Å². The first-order valence-corrected chi connectivity index (χ1v) is 7.41. The Kier molecular flexibility index (Phi) is 5.27. The fraction of sp³-hybridized carbons (Fsp3) is 0.600. The van der Waals surface area contributed by atoms with Gasteiger partial charge in [-0.1, -0.05) is 11.6 Å². The van der Waals surface area contributed by atoms with Crippen LogP contribution in [-0.4, -0.2) is 54.4 Å². The number of nitrogens with one attached hydrogen (secondary N) is 1. The molecule has 0 spiro atoms. The van der Waals surface area contributed by atoms with Gasteiger partial charge in [0, 0.05) is 37.7 Å². The van der Waals surface area contributed by atoms with E-state index < -0.39 is 11.7 Å². The molecule has 1 aliphatic heterocycles. The molecule has 1 saturated heterocycles. The molecule has 1 aromatic rings. The van der Waals surface area contributed by atoms with E-state index in [9.17, 15) is 5.11 Å². The van der Waals surface area contributed by atoms with Crippen LogP contribution in [0, 0.1) is 0 Å². The van der Waals surface area contributed by atoms with E-state index in [0.717, 1.165) is 31.9 Å². The lowest BCUT2D eigenvalue weighted by molar-refractivity contribution is -0.0455. The SMILES string of the molecule is CC(C)(Oc1ccc(Cl)cc1)C(O)CN1CCNCC1. The molecule has 4 nitrogen and oxygen atoms in total. The third-order valence-corrected chi connectivity index (χ3v) is 3.89. The molecule has 0 saturated carbocycles. The summed E-state index contributed by atoms with van der Waals surface area (Å²) in [7, 11) is 0. The first-order valence-electron chi connectivity index (χ1n) is 7.03. The average Bonchev–Trinajstić information content (AvgIpc) is 2.42. The number of piperazine rings is 1. The van der Waals surface area contributed by atoms with Crippen molar-refractivity contribution in [1.29, 1.82) is 0 Å². The molecule has 1 unspecified atom stereocenters. The van der Waals surface area contributed by atoms with Crippen LogP contribution in [0.2, 0.25) is 5.02 Å². The van der Waals surface area contributed by atoms with Gasteiger partial charge in [-0.3, -0.25) is 4.90 Å². The Morgan fingerprint density at radius 3 is 2.50 bits per heavy atom. The number of aliphatic hydroxyl groups excluding tert-OH is 1. The minimum atomic E-state index is -0.640. The zero-order valence-electron chi connectivity index (χ0n) is 12.1. The van der Waals surface area contributed by atoms with E-state index in [2.05, 4.69) is 10.2 Å². The first kappa shape index (κ1) is 15.6. The van der Waals surface area contributed by atoms with Crippen molar-refractivity contribution in [3.8, 4) is 5.75 Å². The van der Waals surface area contributed by atoms with Crippen molar-refractivity contribution in [2.75, 3.05) is 32.7 Å². The number of aliphatic hydroxyl groups is 1. The van der Waals surface area contributed by atoms with Crippen molar-refractivity contribution in [3.63, 3.8) is 0 Å². The van der Waals surface area contributed by atoms with E-state index in [1.165, 1.54) is 0 Å². The highest BCUT2D eigenvalue weighted by atomic mass is 35.5. The lowest BCUT2D eigenvalue weighted by Gasteiger charge is -2.36. The quantitative estimate of drug-likeness (QED) is 0.869. The summed E-state index contributed by atoms with van der Waals surface area (Å²) in [5.41, 5.74) is -0.640. The van der Waals surface area contributed by atoms with Gasteiger partial charge in [-0.2, -0.15) is 0 Å². The molecule has 2 rings (SSSR count). The maximum absolute atomic E-state index is 10.4. The van der Waals surface area contributed by atoms with E-state index in [4.69, 9.17) is 16.3 Å². The summed E-state index contributed by atoms with van der Waals surface area (Å²) < 4.78 is 5.91. The van der Waals surface area contributed by atoms with Crippen LogP contribution in [0.5, 0.6) is 5.75 Å². The average molecular weight is 299 g/mol. The lowest BCUT2D eigenvalue weighted by Crippen LogP contribution is -2.52. The van der Waals surface area contributed by atoms with Gasteiger partial charge in [-0.15, -0.1) is 0 Å². The molecule has 1 aromatic carbocycles. The summed E-state index contributed by atoms with van der Waals surface area (Å²) in [6.07, 6.45) is -0.545. The molecule has 112 valence electrons. The van der Waals surface area contributed by atoms with E-state index in [1.54, 1.807) is 12.1 Å². The van der Waals surface area contributed by atoms with Crippen molar-refractivity contribution in [2.24, 2.45) is 0 Å². The lowest BCUT2D eigenvalue weighted by atomic mass is 10.0. The zero-order chi connectivity index (χ0) is 14.6. The molecule has 1 aliphatic rings. The molecule has 0 bridgehead atoms. The molecule has 1 fully saturated rings. The predicted octanol–water partition coefficient (Wildman–Crippen LogP) is 1.76. The highest BCUT2D eigenvalue weighted by molar-refractivity contribution is 6.30. The number of ether oxygens (including phenoxy) is 1. The molecule has 5 heteroatoms. The number of hydrogen-bond donors (Lipinski definition) is 2. The topological polar surface area (TPSA) is 44.7 Å². The fourth-order valence-corrected chi connectivity index (χ4v) is 2.36. The summed E-state index contributed by atoms with van der Waals surface area (Å²) in [5.74, 6) is 0.721. The van der Waals surface area contributed by atoms with Gasteiger partial charge in [0.25, 0.3) is 0 Å². The monoisotopic (exact) mass is 298 g/mol. The number of benzene rings is 1. The standard InChI is InChI=1S/C15H23ClN2O2/c1-15(2,20-13-5-3-12(16)4-6-13)14(19)11-18-9-7-17-8-10-18/h3-6,14,17,19H,7-11H2,1-2H3. The van der Waals surface area contributed by atoms with Crippen LogP contribution in [0.4, 0.5) is 0 Å². The van der Waals surface area contributed by atoms with Crippen LogP contribution in [0.25, 0.3) is 0 Å². The van der Waals surface area contributed by atoms with Crippen molar-refractivity contribution in [1.82, 2.24) is 10.2 Å². The van der Waals surface area contributed by atoms with Crippen LogP contribution in [0.1, 0.15) is 13.8 Å². The summed E-state index contributed by atoms with van der Waals surface area (Å²) >= 11 is 5.86. The van der Waals surface area contributed by atoms with Crippen LogP contribution in [0.3, 0.4) is 0 Å². The second kappa shape index (κ2) is 6.76. The van der Waals surface area contributed by atoms with Gasteiger partial charge in [0.1, 0.15) is 17.5 Å². The van der Waals surface area contributed by atoms with Crippen LogP contribution in [-0.2, 0) is 0 Å². The highest BCUT2D eigenvalue weighted by Crippen LogP contribution is 2.23. The van der Waals surface area contributed by atoms with Gasteiger partial charge in [0.05, 0.1) is 0 Å². The number of nitrogens with zero attached hydrogens (tertiary/aromatic N) is 1. The molecule has 0 radical (unpaired) electrons. The van der Waals surface area contributed by atoms with Gasteiger partial charge < -0.3 is 15.2 Å². The maximum atomic E-state index is 10.4. The van der Waals surface area contributed by atoms with Crippen LogP contribution < -0.4 is 10.1 Å². The number of halogens is 1. The third-order valence-electron chi connectivity index (χ3n) is 3.64. The molecule has 1 heterocycles. The fourth-order valence-electron chi connectivity index (χ4n) is 2.23. The summed E-state index contributed by atoms with van der Waals surface area (Å²) in [6, 6.07) is 7.22. The molecule has 0 aliphatic carbocycles. The van der Waals surface area contributed by atoms with E-state index in [1.807, 2.05) is 26.0 Å². The first-order chi connectivity index (χ1) is 9.47. The van der Waals surface area contributed by atoms with E-state index in [0.29, 0.717) is 11.6 Å². The highest BCUT2D eigenvalue weighted by Gasteiger charge is 2.31. The smallest absolute Gasteiger partial charge is 0.130 e.